The molecule has 3 heteroatoms. The van der Waals surface area contributed by atoms with Gasteiger partial charge in [0.05, 0.1) is 6.61 Å². The fraction of sp³-hybridized carbons (Fsp3) is 0.429. The fourth-order valence-corrected chi connectivity index (χ4v) is 2.15. The number of rotatable bonds is 8. The van der Waals surface area contributed by atoms with E-state index in [-0.39, 0.29) is 12.4 Å². The van der Waals surface area contributed by atoms with E-state index in [2.05, 4.69) is 26.0 Å². The van der Waals surface area contributed by atoms with Gasteiger partial charge >= 0.3 is 0 Å². The minimum absolute atomic E-state index is 0. The van der Waals surface area contributed by atoms with Crippen molar-refractivity contribution in [2.24, 2.45) is 5.73 Å². The van der Waals surface area contributed by atoms with E-state index in [9.17, 15) is 0 Å². The smallest absolute Gasteiger partial charge is 0.119 e. The second kappa shape index (κ2) is 15.0. The molecule has 0 saturated heterocycles. The molecule has 1 unspecified atom stereocenters. The first-order valence-electron chi connectivity index (χ1n) is 8.70. The van der Waals surface area contributed by atoms with Gasteiger partial charge in [-0.2, -0.15) is 0 Å². The molecule has 0 fully saturated rings. The molecule has 2 rings (SSSR count). The zero-order valence-corrected chi connectivity index (χ0v) is 15.8. The van der Waals surface area contributed by atoms with Crippen molar-refractivity contribution in [1.82, 2.24) is 0 Å². The van der Waals surface area contributed by atoms with Gasteiger partial charge in [-0.25, -0.2) is 0 Å². The maximum atomic E-state index is 5.55. The van der Waals surface area contributed by atoms with Crippen LogP contribution in [0.3, 0.4) is 0 Å². The Morgan fingerprint density at radius 3 is 2.00 bits per heavy atom. The summed E-state index contributed by atoms with van der Waals surface area (Å²) in [5.74, 6) is 1.47. The van der Waals surface area contributed by atoms with Gasteiger partial charge in [-0.1, -0.05) is 81.6 Å². The molecule has 0 amide bonds. The highest BCUT2D eigenvalue weighted by Gasteiger charge is 1.99. The van der Waals surface area contributed by atoms with Gasteiger partial charge in [0.15, 0.2) is 0 Å². The van der Waals surface area contributed by atoms with Crippen LogP contribution in [0.4, 0.5) is 0 Å². The predicted octanol–water partition coefficient (Wildman–Crippen LogP) is 5.82. The van der Waals surface area contributed by atoms with E-state index >= 15 is 0 Å². The van der Waals surface area contributed by atoms with E-state index in [1.165, 1.54) is 31.2 Å². The number of para-hydroxylation sites is 1. The van der Waals surface area contributed by atoms with E-state index < -0.39 is 0 Å². The molecule has 0 aliphatic carbocycles. The quantitative estimate of drug-likeness (QED) is 0.610. The monoisotopic (exact) mass is 349 g/mol. The first kappa shape index (κ1) is 22.5. The second-order valence-corrected chi connectivity index (χ2v) is 5.77. The van der Waals surface area contributed by atoms with Crippen LogP contribution in [-0.2, 0) is 0 Å². The highest BCUT2D eigenvalue weighted by Crippen LogP contribution is 2.11. The summed E-state index contributed by atoms with van der Waals surface area (Å²) in [6, 6.07) is 20.3. The molecule has 134 valence electrons. The Morgan fingerprint density at radius 2 is 1.46 bits per heavy atom. The summed E-state index contributed by atoms with van der Waals surface area (Å²) in [6.07, 6.45) is 5.05. The SMILES string of the molecule is CC(CN)c1ccccc1.CCCCCCOc1ccccc1.Cl. The van der Waals surface area contributed by atoms with Gasteiger partial charge in [-0.05, 0) is 36.6 Å². The number of hydrogen-bond donors (Lipinski definition) is 1. The molecule has 2 N–H and O–H groups in total. The highest BCUT2D eigenvalue weighted by molar-refractivity contribution is 5.85. The maximum absolute atomic E-state index is 5.55. The van der Waals surface area contributed by atoms with E-state index in [0.717, 1.165) is 18.9 Å². The fourth-order valence-electron chi connectivity index (χ4n) is 2.15. The van der Waals surface area contributed by atoms with E-state index in [1.807, 2.05) is 48.5 Å². The minimum Gasteiger partial charge on any atom is -0.494 e. The molecular weight excluding hydrogens is 318 g/mol. The predicted molar refractivity (Wildman–Crippen MR) is 107 cm³/mol. The Hall–Kier alpha value is -1.51. The normalized spacial score (nSPS) is 10.8. The Balaban J connectivity index is 0.000000436. The summed E-state index contributed by atoms with van der Waals surface area (Å²) in [5.41, 5.74) is 6.83. The molecular formula is C21H32ClNO. The average Bonchev–Trinajstić information content (AvgIpc) is 2.63. The summed E-state index contributed by atoms with van der Waals surface area (Å²) in [4.78, 5) is 0. The van der Waals surface area contributed by atoms with Crippen molar-refractivity contribution >= 4 is 12.4 Å². The summed E-state index contributed by atoms with van der Waals surface area (Å²) < 4.78 is 5.55. The van der Waals surface area contributed by atoms with E-state index in [0.29, 0.717) is 5.92 Å². The topological polar surface area (TPSA) is 35.2 Å². The van der Waals surface area contributed by atoms with Gasteiger partial charge in [0.25, 0.3) is 0 Å². The molecule has 24 heavy (non-hydrogen) atoms. The number of nitrogens with two attached hydrogens (primary N) is 1. The van der Waals surface area contributed by atoms with Crippen molar-refractivity contribution in [3.63, 3.8) is 0 Å². The lowest BCUT2D eigenvalue weighted by Gasteiger charge is -2.06. The number of benzene rings is 2. The molecule has 0 spiro atoms. The van der Waals surface area contributed by atoms with Crippen molar-refractivity contribution in [1.29, 1.82) is 0 Å². The van der Waals surface area contributed by atoms with Crippen LogP contribution in [0.1, 0.15) is 51.0 Å². The largest absolute Gasteiger partial charge is 0.494 e. The summed E-state index contributed by atoms with van der Waals surface area (Å²) in [6.45, 7) is 5.93. The van der Waals surface area contributed by atoms with Gasteiger partial charge in [0, 0.05) is 0 Å². The standard InChI is InChI=1S/C12H18O.C9H13N.ClH/c1-2-3-4-8-11-13-12-9-6-5-7-10-12;1-8(7-10)9-5-3-2-4-6-9;/h5-7,9-10H,2-4,8,11H2,1H3;2-6,8H,7,10H2,1H3;1H. The van der Waals surface area contributed by atoms with Crippen molar-refractivity contribution in [3.8, 4) is 5.75 Å². The summed E-state index contributed by atoms with van der Waals surface area (Å²) >= 11 is 0. The molecule has 0 saturated carbocycles. The van der Waals surface area contributed by atoms with Gasteiger partial charge in [0.1, 0.15) is 5.75 Å². The van der Waals surface area contributed by atoms with Gasteiger partial charge in [-0.15, -0.1) is 12.4 Å². The van der Waals surface area contributed by atoms with Crippen molar-refractivity contribution in [3.05, 3.63) is 66.2 Å². The molecule has 0 aromatic heterocycles. The van der Waals surface area contributed by atoms with Crippen LogP contribution in [0.5, 0.6) is 5.75 Å². The van der Waals surface area contributed by atoms with Gasteiger partial charge in [-0.3, -0.25) is 0 Å². The average molecular weight is 350 g/mol. The molecule has 2 aromatic carbocycles. The summed E-state index contributed by atoms with van der Waals surface area (Å²) in [5, 5.41) is 0. The molecule has 0 aliphatic heterocycles. The lowest BCUT2D eigenvalue weighted by Crippen LogP contribution is -2.08. The van der Waals surface area contributed by atoms with Crippen molar-refractivity contribution in [2.75, 3.05) is 13.2 Å². The zero-order chi connectivity index (χ0) is 16.8. The summed E-state index contributed by atoms with van der Waals surface area (Å²) in [7, 11) is 0. The van der Waals surface area contributed by atoms with Crippen LogP contribution in [0.15, 0.2) is 60.7 Å². The first-order valence-corrected chi connectivity index (χ1v) is 8.70. The molecule has 1 atom stereocenters. The molecule has 2 nitrogen and oxygen atoms in total. The van der Waals surface area contributed by atoms with E-state index in [1.54, 1.807) is 0 Å². The molecule has 2 aromatic rings. The van der Waals surface area contributed by atoms with Crippen LogP contribution >= 0.6 is 12.4 Å². The lowest BCUT2D eigenvalue weighted by molar-refractivity contribution is 0.305. The van der Waals surface area contributed by atoms with Crippen LogP contribution in [0.25, 0.3) is 0 Å². The van der Waals surface area contributed by atoms with Crippen LogP contribution in [-0.4, -0.2) is 13.2 Å². The van der Waals surface area contributed by atoms with E-state index in [4.69, 9.17) is 10.5 Å². The third-order valence-corrected chi connectivity index (χ3v) is 3.73. The van der Waals surface area contributed by atoms with Crippen LogP contribution < -0.4 is 10.5 Å². The van der Waals surface area contributed by atoms with Gasteiger partial charge in [0.2, 0.25) is 0 Å². The Morgan fingerprint density at radius 1 is 0.875 bits per heavy atom. The molecule has 0 radical (unpaired) electrons. The lowest BCUT2D eigenvalue weighted by atomic mass is 10.0. The maximum Gasteiger partial charge on any atom is 0.119 e. The molecule has 0 aliphatic rings. The number of hydrogen-bond acceptors (Lipinski definition) is 2. The zero-order valence-electron chi connectivity index (χ0n) is 15.0. The minimum atomic E-state index is 0. The third kappa shape index (κ3) is 10.3. The van der Waals surface area contributed by atoms with Crippen LogP contribution in [0, 0.1) is 0 Å². The first-order chi connectivity index (χ1) is 11.3. The number of halogens is 1. The van der Waals surface area contributed by atoms with Crippen molar-refractivity contribution < 1.29 is 4.74 Å². The Kier molecular flexibility index (Phi) is 14.1. The third-order valence-electron chi connectivity index (χ3n) is 3.73. The van der Waals surface area contributed by atoms with Gasteiger partial charge < -0.3 is 10.5 Å². The van der Waals surface area contributed by atoms with Crippen molar-refractivity contribution in [2.45, 2.75) is 45.4 Å². The Bertz CT molecular complexity index is 490. The second-order valence-electron chi connectivity index (χ2n) is 5.77. The Labute approximate surface area is 153 Å². The van der Waals surface area contributed by atoms with Crippen LogP contribution in [0.2, 0.25) is 0 Å². The molecule has 0 bridgehead atoms. The number of ether oxygens (including phenoxy) is 1. The number of unbranched alkanes of at least 4 members (excludes halogenated alkanes) is 3. The molecule has 0 heterocycles. The highest BCUT2D eigenvalue weighted by atomic mass is 35.5.